The molecule has 0 amide bonds. The van der Waals surface area contributed by atoms with Gasteiger partial charge in [0.15, 0.2) is 6.29 Å². The number of aliphatic hydroxyl groups excluding tert-OH is 3. The van der Waals surface area contributed by atoms with Crippen LogP contribution in [0.3, 0.4) is 0 Å². The van der Waals surface area contributed by atoms with Gasteiger partial charge in [-0.3, -0.25) is 0 Å². The summed E-state index contributed by atoms with van der Waals surface area (Å²) in [5.74, 6) is -0.616. The van der Waals surface area contributed by atoms with Gasteiger partial charge in [0.2, 0.25) is 0 Å². The van der Waals surface area contributed by atoms with E-state index in [2.05, 4.69) is 6.92 Å². The van der Waals surface area contributed by atoms with Crippen molar-refractivity contribution in [3.8, 4) is 0 Å². The van der Waals surface area contributed by atoms with E-state index in [9.17, 15) is 35.1 Å². The molecule has 2 heterocycles. The van der Waals surface area contributed by atoms with E-state index in [0.717, 1.165) is 18.3 Å². The molecule has 2 aliphatic heterocycles. The number of fused-ring (bicyclic) bond motifs is 5. The molecule has 6 rings (SSSR count). The molecule has 4 aliphatic carbocycles. The Labute approximate surface area is 228 Å². The highest BCUT2D eigenvalue weighted by atomic mass is 16.7. The predicted molar refractivity (Wildman–Crippen MR) is 135 cm³/mol. The number of hydrogen-bond donors (Lipinski definition) is 5. The first-order chi connectivity index (χ1) is 18.4. The van der Waals surface area contributed by atoms with E-state index in [-0.39, 0.29) is 36.8 Å². The molecule has 0 aromatic rings. The van der Waals surface area contributed by atoms with Gasteiger partial charge < -0.3 is 44.5 Å². The van der Waals surface area contributed by atoms with Gasteiger partial charge in [-0.25, -0.2) is 4.79 Å². The summed E-state index contributed by atoms with van der Waals surface area (Å²) in [5.41, 5.74) is -2.86. The normalized spacial score (nSPS) is 55.2. The third-order valence-corrected chi connectivity index (χ3v) is 12.0. The molecule has 6 aliphatic rings. The molecule has 218 valence electrons. The minimum atomic E-state index is -1.43. The molecular formula is C29H42O10. The largest absolute Gasteiger partial charge is 0.458 e. The summed E-state index contributed by atoms with van der Waals surface area (Å²) in [6.07, 6.45) is 0.689. The van der Waals surface area contributed by atoms with Crippen LogP contribution in [0.5, 0.6) is 0 Å². The lowest BCUT2D eigenvalue weighted by atomic mass is 9.41. The fourth-order valence-electron chi connectivity index (χ4n) is 9.75. The lowest BCUT2D eigenvalue weighted by molar-refractivity contribution is -0.317. The molecule has 1 saturated heterocycles. The maximum Gasteiger partial charge on any atom is 0.331 e. The Morgan fingerprint density at radius 2 is 1.72 bits per heavy atom. The van der Waals surface area contributed by atoms with Crippen molar-refractivity contribution in [2.24, 2.45) is 28.6 Å². The first-order valence-electron chi connectivity index (χ1n) is 14.5. The Morgan fingerprint density at radius 3 is 2.41 bits per heavy atom. The molecular weight excluding hydrogens is 508 g/mol. The molecule has 0 bridgehead atoms. The average molecular weight is 551 g/mol. The lowest BCUT2D eigenvalue weighted by Crippen LogP contribution is -2.69. The van der Waals surface area contributed by atoms with Crippen LogP contribution in [0.4, 0.5) is 0 Å². The summed E-state index contributed by atoms with van der Waals surface area (Å²) in [6, 6.07) is 0. The van der Waals surface area contributed by atoms with Crippen LogP contribution in [-0.2, 0) is 23.8 Å². The van der Waals surface area contributed by atoms with Crippen LogP contribution in [0.15, 0.2) is 11.6 Å². The molecule has 5 fully saturated rings. The molecule has 0 aromatic carbocycles. The van der Waals surface area contributed by atoms with E-state index < -0.39 is 58.8 Å². The average Bonchev–Trinajstić information content (AvgIpc) is 3.45. The van der Waals surface area contributed by atoms with Gasteiger partial charge in [-0.05, 0) is 81.6 Å². The number of aldehydes is 1. The van der Waals surface area contributed by atoms with E-state index in [1.807, 2.05) is 0 Å². The van der Waals surface area contributed by atoms with Gasteiger partial charge in [0.1, 0.15) is 31.2 Å². The van der Waals surface area contributed by atoms with Crippen LogP contribution in [0.1, 0.15) is 71.6 Å². The summed E-state index contributed by atoms with van der Waals surface area (Å²) >= 11 is 0. The van der Waals surface area contributed by atoms with Crippen LogP contribution in [0, 0.1) is 28.6 Å². The second-order valence-electron chi connectivity index (χ2n) is 13.4. The predicted octanol–water partition coefficient (Wildman–Crippen LogP) is 0.750. The molecule has 0 aromatic heterocycles. The van der Waals surface area contributed by atoms with Gasteiger partial charge in [-0.2, -0.15) is 0 Å². The van der Waals surface area contributed by atoms with Gasteiger partial charge in [0.25, 0.3) is 0 Å². The number of cyclic esters (lactones) is 1. The van der Waals surface area contributed by atoms with Gasteiger partial charge >= 0.3 is 5.97 Å². The summed E-state index contributed by atoms with van der Waals surface area (Å²) < 4.78 is 16.9. The molecule has 0 radical (unpaired) electrons. The van der Waals surface area contributed by atoms with E-state index in [0.29, 0.717) is 44.9 Å². The number of esters is 1. The standard InChI is InChI=1S/C29H42O10/c1-15-22(32)23(33)24(34)25(38-15)39-17-3-8-27(14-30)19-4-7-26(2)18(16-11-21(31)37-13-16)6-10-29(26,36)20(19)5-9-28(27,35)12-17/h11,14-15,17-20,22-25,32-36H,3-10,12-13H2,1-2H3/t15-,17+,18-,19-,20+,22-,23-,24+,25+,26+,27-,28-,29-/m0/s1. The van der Waals surface area contributed by atoms with Crippen molar-refractivity contribution < 1.29 is 49.3 Å². The molecule has 10 nitrogen and oxygen atoms in total. The second kappa shape index (κ2) is 9.31. The van der Waals surface area contributed by atoms with Crippen molar-refractivity contribution in [3.05, 3.63) is 11.6 Å². The second-order valence-corrected chi connectivity index (χ2v) is 13.4. The van der Waals surface area contributed by atoms with Crippen molar-refractivity contribution in [1.82, 2.24) is 0 Å². The molecule has 0 spiro atoms. The Balaban J connectivity index is 1.22. The fraction of sp³-hybridized carbons (Fsp3) is 0.862. The minimum Gasteiger partial charge on any atom is -0.458 e. The highest BCUT2D eigenvalue weighted by Crippen LogP contribution is 2.70. The van der Waals surface area contributed by atoms with E-state index in [1.165, 1.54) is 0 Å². The number of aliphatic hydroxyl groups is 5. The zero-order valence-corrected chi connectivity index (χ0v) is 22.7. The third kappa shape index (κ3) is 3.78. The third-order valence-electron chi connectivity index (χ3n) is 12.0. The van der Waals surface area contributed by atoms with Gasteiger partial charge in [-0.1, -0.05) is 6.92 Å². The van der Waals surface area contributed by atoms with Crippen molar-refractivity contribution in [1.29, 1.82) is 0 Å². The molecule has 0 unspecified atom stereocenters. The van der Waals surface area contributed by atoms with Crippen molar-refractivity contribution in [2.75, 3.05) is 6.61 Å². The van der Waals surface area contributed by atoms with Crippen molar-refractivity contribution >= 4 is 12.3 Å². The van der Waals surface area contributed by atoms with Crippen LogP contribution in [0.25, 0.3) is 0 Å². The number of carbonyl (C=O) groups is 2. The topological polar surface area (TPSA) is 163 Å². The summed E-state index contributed by atoms with van der Waals surface area (Å²) in [5, 5.41) is 55.0. The molecule has 10 heteroatoms. The highest BCUT2D eigenvalue weighted by Gasteiger charge is 2.71. The number of carbonyl (C=O) groups excluding carboxylic acids is 2. The number of ether oxygens (including phenoxy) is 3. The Kier molecular flexibility index (Phi) is 6.62. The first kappa shape index (κ1) is 27.8. The quantitative estimate of drug-likeness (QED) is 0.192. The Bertz CT molecular complexity index is 1050. The van der Waals surface area contributed by atoms with Crippen molar-refractivity contribution in [3.63, 3.8) is 0 Å². The number of rotatable bonds is 4. The van der Waals surface area contributed by atoms with Crippen LogP contribution in [-0.4, -0.2) is 92.4 Å². The maximum atomic E-state index is 13.0. The van der Waals surface area contributed by atoms with Gasteiger partial charge in [0.05, 0.1) is 28.8 Å². The summed E-state index contributed by atoms with van der Waals surface area (Å²) in [4.78, 5) is 24.8. The van der Waals surface area contributed by atoms with Crippen LogP contribution >= 0.6 is 0 Å². The number of hydrogen-bond acceptors (Lipinski definition) is 10. The van der Waals surface area contributed by atoms with Crippen LogP contribution < -0.4 is 0 Å². The summed E-state index contributed by atoms with van der Waals surface area (Å²) in [7, 11) is 0. The summed E-state index contributed by atoms with van der Waals surface area (Å²) in [6.45, 7) is 3.98. The van der Waals surface area contributed by atoms with Crippen LogP contribution in [0.2, 0.25) is 0 Å². The lowest BCUT2D eigenvalue weighted by Gasteiger charge is -2.65. The van der Waals surface area contributed by atoms with Crippen molar-refractivity contribution in [2.45, 2.75) is 120 Å². The zero-order valence-electron chi connectivity index (χ0n) is 22.7. The maximum absolute atomic E-state index is 13.0. The molecule has 39 heavy (non-hydrogen) atoms. The highest BCUT2D eigenvalue weighted by molar-refractivity contribution is 5.85. The zero-order chi connectivity index (χ0) is 28.0. The molecule has 5 N–H and O–H groups in total. The van der Waals surface area contributed by atoms with E-state index in [4.69, 9.17) is 14.2 Å². The minimum absolute atomic E-state index is 0.0465. The smallest absolute Gasteiger partial charge is 0.331 e. The molecule has 13 atom stereocenters. The van der Waals surface area contributed by atoms with E-state index >= 15 is 0 Å². The SMILES string of the molecule is C[C@@H]1O[C@H](O[C@@H]2CC[C@]3(C=O)[C@H]4CC[C@]5(C)[C@H](C6=CC(=O)OC6)CC[C@]5(O)[C@@H]4CC[C@]3(O)C2)[C@H](O)[C@@H](O)[C@H]1O. The Hall–Kier alpha value is -1.40. The first-order valence-corrected chi connectivity index (χ1v) is 14.5. The van der Waals surface area contributed by atoms with E-state index in [1.54, 1.807) is 13.0 Å². The molecule has 4 saturated carbocycles. The monoisotopic (exact) mass is 550 g/mol. The Morgan fingerprint density at radius 1 is 0.974 bits per heavy atom. The van der Waals surface area contributed by atoms with Gasteiger partial charge in [0, 0.05) is 17.9 Å². The fourth-order valence-corrected chi connectivity index (χ4v) is 9.75. The van der Waals surface area contributed by atoms with Gasteiger partial charge in [-0.15, -0.1) is 0 Å².